The number of amides is 1. The molecule has 156 valence electrons. The number of ether oxygens (including phenoxy) is 1. The van der Waals surface area contributed by atoms with Crippen LogP contribution in [0.4, 0.5) is 5.82 Å². The van der Waals surface area contributed by atoms with Crippen molar-refractivity contribution in [2.75, 3.05) is 5.32 Å². The zero-order chi connectivity index (χ0) is 21.6. The summed E-state index contributed by atoms with van der Waals surface area (Å²) in [5.74, 6) is 0.902. The van der Waals surface area contributed by atoms with Crippen LogP contribution in [0.3, 0.4) is 0 Å². The van der Waals surface area contributed by atoms with E-state index in [0.29, 0.717) is 34.6 Å². The minimum atomic E-state index is -0.468. The van der Waals surface area contributed by atoms with E-state index in [4.69, 9.17) is 17.0 Å². The highest BCUT2D eigenvalue weighted by atomic mass is 32.1. The number of para-hydroxylation sites is 1. The van der Waals surface area contributed by atoms with Crippen LogP contribution in [0.15, 0.2) is 90.3 Å². The van der Waals surface area contributed by atoms with Gasteiger partial charge in [-0.2, -0.15) is 0 Å². The quantitative estimate of drug-likeness (QED) is 0.512. The number of hydrogen-bond donors (Lipinski definition) is 3. The zero-order valence-corrected chi connectivity index (χ0v) is 17.8. The third-order valence-electron chi connectivity index (χ3n) is 4.89. The maximum absolute atomic E-state index is 13.2. The van der Waals surface area contributed by atoms with E-state index in [2.05, 4.69) is 20.9 Å². The minimum absolute atomic E-state index is 0.262. The van der Waals surface area contributed by atoms with Crippen LogP contribution in [0.25, 0.3) is 0 Å². The van der Waals surface area contributed by atoms with Crippen molar-refractivity contribution in [3.05, 3.63) is 101 Å². The first-order valence-electron chi connectivity index (χ1n) is 9.88. The third-order valence-corrected chi connectivity index (χ3v) is 5.11. The lowest BCUT2D eigenvalue weighted by atomic mass is 9.94. The monoisotopic (exact) mass is 430 g/mol. The highest BCUT2D eigenvalue weighted by Crippen LogP contribution is 2.34. The Labute approximate surface area is 186 Å². The van der Waals surface area contributed by atoms with E-state index in [1.54, 1.807) is 18.3 Å². The predicted molar refractivity (Wildman–Crippen MR) is 124 cm³/mol. The minimum Gasteiger partial charge on any atom is -0.489 e. The van der Waals surface area contributed by atoms with E-state index in [1.165, 1.54) is 0 Å². The molecule has 2 aromatic carbocycles. The topological polar surface area (TPSA) is 75.3 Å². The lowest BCUT2D eigenvalue weighted by Gasteiger charge is -2.31. The molecule has 0 saturated heterocycles. The highest BCUT2D eigenvalue weighted by Gasteiger charge is 2.31. The Morgan fingerprint density at radius 1 is 1.06 bits per heavy atom. The molecule has 1 amide bonds. The fourth-order valence-corrected chi connectivity index (χ4v) is 3.71. The molecule has 1 aromatic heterocycles. The number of allylic oxidation sites excluding steroid dienone is 1. The molecule has 2 heterocycles. The molecule has 6 nitrogen and oxygen atoms in total. The molecule has 0 spiro atoms. The normalized spacial score (nSPS) is 15.6. The first-order chi connectivity index (χ1) is 15.1. The highest BCUT2D eigenvalue weighted by molar-refractivity contribution is 7.80. The molecule has 4 rings (SSSR count). The van der Waals surface area contributed by atoms with Crippen LogP contribution in [-0.4, -0.2) is 16.0 Å². The van der Waals surface area contributed by atoms with Crippen LogP contribution in [0.1, 0.15) is 24.1 Å². The number of thiocarbonyl (C=S) groups is 1. The van der Waals surface area contributed by atoms with Crippen molar-refractivity contribution in [2.45, 2.75) is 19.6 Å². The molecule has 1 unspecified atom stereocenters. The van der Waals surface area contributed by atoms with Gasteiger partial charge in [0.15, 0.2) is 5.11 Å². The summed E-state index contributed by atoms with van der Waals surface area (Å²) >= 11 is 5.37. The van der Waals surface area contributed by atoms with Crippen LogP contribution in [0.5, 0.6) is 5.75 Å². The van der Waals surface area contributed by atoms with Gasteiger partial charge in [-0.3, -0.25) is 4.79 Å². The Balaban J connectivity index is 1.64. The van der Waals surface area contributed by atoms with E-state index < -0.39 is 6.04 Å². The number of carbonyl (C=O) groups excluding carboxylic acids is 1. The van der Waals surface area contributed by atoms with Gasteiger partial charge in [0.1, 0.15) is 18.2 Å². The van der Waals surface area contributed by atoms with Crippen LogP contribution in [-0.2, 0) is 11.4 Å². The van der Waals surface area contributed by atoms with Gasteiger partial charge in [-0.1, -0.05) is 54.6 Å². The Bertz CT molecular complexity index is 1120. The summed E-state index contributed by atoms with van der Waals surface area (Å²) in [5.41, 5.74) is 3.09. The van der Waals surface area contributed by atoms with E-state index in [1.807, 2.05) is 67.6 Å². The van der Waals surface area contributed by atoms with Crippen molar-refractivity contribution < 1.29 is 9.53 Å². The average Bonchev–Trinajstić information content (AvgIpc) is 2.78. The van der Waals surface area contributed by atoms with Crippen molar-refractivity contribution >= 4 is 29.1 Å². The molecular weight excluding hydrogens is 408 g/mol. The number of nitrogens with zero attached hydrogens (tertiary/aromatic N) is 1. The number of hydrogen-bond acceptors (Lipinski definition) is 4. The number of rotatable bonds is 6. The summed E-state index contributed by atoms with van der Waals surface area (Å²) in [5, 5.41) is 9.59. The molecule has 0 saturated carbocycles. The second kappa shape index (κ2) is 9.40. The number of nitrogens with one attached hydrogen (secondary N) is 3. The molecule has 31 heavy (non-hydrogen) atoms. The van der Waals surface area contributed by atoms with Crippen molar-refractivity contribution in [3.63, 3.8) is 0 Å². The van der Waals surface area contributed by atoms with E-state index >= 15 is 0 Å². The van der Waals surface area contributed by atoms with Crippen LogP contribution >= 0.6 is 12.2 Å². The lowest BCUT2D eigenvalue weighted by molar-refractivity contribution is -0.113. The molecule has 1 aliphatic heterocycles. The number of anilines is 1. The van der Waals surface area contributed by atoms with Crippen molar-refractivity contribution in [2.24, 2.45) is 0 Å². The summed E-state index contributed by atoms with van der Waals surface area (Å²) < 4.78 is 6.12. The molecule has 3 aromatic rings. The molecule has 0 fully saturated rings. The number of carbonyl (C=O) groups is 1. The van der Waals surface area contributed by atoms with Gasteiger partial charge in [0.2, 0.25) is 0 Å². The van der Waals surface area contributed by atoms with Gasteiger partial charge in [0.25, 0.3) is 5.91 Å². The molecule has 3 N–H and O–H groups in total. The van der Waals surface area contributed by atoms with Crippen LogP contribution in [0, 0.1) is 0 Å². The van der Waals surface area contributed by atoms with Gasteiger partial charge in [-0.25, -0.2) is 4.98 Å². The van der Waals surface area contributed by atoms with Gasteiger partial charge in [-0.15, -0.1) is 0 Å². The lowest BCUT2D eigenvalue weighted by Crippen LogP contribution is -2.45. The van der Waals surface area contributed by atoms with E-state index in [9.17, 15) is 4.79 Å². The molecule has 1 aliphatic rings. The second-order valence-electron chi connectivity index (χ2n) is 7.05. The molecule has 7 heteroatoms. The average molecular weight is 431 g/mol. The van der Waals surface area contributed by atoms with Crippen LogP contribution < -0.4 is 20.7 Å². The van der Waals surface area contributed by atoms with Crippen molar-refractivity contribution in [1.82, 2.24) is 15.6 Å². The SMILES string of the molecule is CC1=C(C(=O)Nc2ccccn2)C(c2ccccc2OCc2ccccc2)NC(=S)N1. The van der Waals surface area contributed by atoms with Gasteiger partial charge in [0.05, 0.1) is 11.6 Å². The van der Waals surface area contributed by atoms with Crippen molar-refractivity contribution in [1.29, 1.82) is 0 Å². The maximum atomic E-state index is 13.2. The first-order valence-corrected chi connectivity index (χ1v) is 10.3. The predicted octanol–water partition coefficient (Wildman–Crippen LogP) is 4.09. The van der Waals surface area contributed by atoms with Gasteiger partial charge in [0, 0.05) is 17.5 Å². The fraction of sp³-hybridized carbons (Fsp3) is 0.125. The Hall–Kier alpha value is -3.71. The Morgan fingerprint density at radius 3 is 2.58 bits per heavy atom. The van der Waals surface area contributed by atoms with Crippen molar-refractivity contribution in [3.8, 4) is 5.75 Å². The molecule has 1 atom stereocenters. The van der Waals surface area contributed by atoms with Gasteiger partial charge in [-0.05, 0) is 42.9 Å². The summed E-state index contributed by atoms with van der Waals surface area (Å²) in [7, 11) is 0. The number of benzene rings is 2. The van der Waals surface area contributed by atoms with Gasteiger partial charge < -0.3 is 20.7 Å². The summed E-state index contributed by atoms with van der Waals surface area (Å²) in [4.78, 5) is 17.4. The first kappa shape index (κ1) is 20.6. The second-order valence-corrected chi connectivity index (χ2v) is 7.46. The largest absolute Gasteiger partial charge is 0.489 e. The maximum Gasteiger partial charge on any atom is 0.256 e. The van der Waals surface area contributed by atoms with Crippen LogP contribution in [0.2, 0.25) is 0 Å². The summed E-state index contributed by atoms with van der Waals surface area (Å²) in [6, 6.07) is 22.5. The fourth-order valence-electron chi connectivity index (χ4n) is 3.43. The molecule has 0 bridgehead atoms. The third kappa shape index (κ3) is 4.90. The standard InChI is InChI=1S/C24H22N4O2S/c1-16-21(23(29)27-20-13-7-8-14-25-20)22(28-24(31)26-16)18-11-5-6-12-19(18)30-15-17-9-3-2-4-10-17/h2-14,22H,15H2,1H3,(H,25,27,29)(H2,26,28,31). The molecule has 0 radical (unpaired) electrons. The zero-order valence-electron chi connectivity index (χ0n) is 17.0. The molecular formula is C24H22N4O2S. The van der Waals surface area contributed by atoms with E-state index in [-0.39, 0.29) is 5.91 Å². The Kier molecular flexibility index (Phi) is 6.24. The Morgan fingerprint density at radius 2 is 1.81 bits per heavy atom. The summed E-state index contributed by atoms with van der Waals surface area (Å²) in [6.45, 7) is 2.26. The summed E-state index contributed by atoms with van der Waals surface area (Å²) in [6.07, 6.45) is 1.63. The van der Waals surface area contributed by atoms with Gasteiger partial charge >= 0.3 is 0 Å². The van der Waals surface area contributed by atoms with E-state index in [0.717, 1.165) is 11.1 Å². The molecule has 0 aliphatic carbocycles. The number of aromatic nitrogens is 1. The number of pyridine rings is 1. The smallest absolute Gasteiger partial charge is 0.256 e.